The molecular formula is C18H20N4O3. The third kappa shape index (κ3) is 2.47. The molecule has 130 valence electrons. The van der Waals surface area contributed by atoms with E-state index in [1.54, 1.807) is 25.2 Å². The fraction of sp³-hybridized carbons (Fsp3) is 0.389. The first-order valence-corrected chi connectivity index (χ1v) is 8.36. The summed E-state index contributed by atoms with van der Waals surface area (Å²) in [5, 5.41) is 0. The van der Waals surface area contributed by atoms with Gasteiger partial charge >= 0.3 is 5.76 Å². The average molecular weight is 340 g/mol. The van der Waals surface area contributed by atoms with Gasteiger partial charge in [-0.1, -0.05) is 0 Å². The Hall–Kier alpha value is -2.83. The van der Waals surface area contributed by atoms with Gasteiger partial charge in [0.2, 0.25) is 0 Å². The molecule has 0 aliphatic carbocycles. The number of aromatic nitrogens is 3. The molecule has 0 radical (unpaired) electrons. The van der Waals surface area contributed by atoms with Gasteiger partial charge in [0.15, 0.2) is 5.58 Å². The van der Waals surface area contributed by atoms with E-state index in [0.717, 1.165) is 24.4 Å². The van der Waals surface area contributed by atoms with E-state index in [4.69, 9.17) is 4.42 Å². The quantitative estimate of drug-likeness (QED) is 0.716. The predicted octanol–water partition coefficient (Wildman–Crippen LogP) is 2.15. The van der Waals surface area contributed by atoms with E-state index >= 15 is 0 Å². The number of benzene rings is 1. The number of rotatable bonds is 2. The molecule has 1 aromatic carbocycles. The van der Waals surface area contributed by atoms with Crippen molar-refractivity contribution in [1.82, 2.24) is 19.0 Å². The number of nitrogens with zero attached hydrogens (tertiary/aromatic N) is 4. The van der Waals surface area contributed by atoms with Gasteiger partial charge in [0, 0.05) is 32.4 Å². The number of oxazole rings is 1. The smallest absolute Gasteiger partial charge is 0.408 e. The third-order valence-electron chi connectivity index (χ3n) is 4.88. The topological polar surface area (TPSA) is 73.3 Å². The van der Waals surface area contributed by atoms with Gasteiger partial charge in [-0.3, -0.25) is 9.36 Å². The van der Waals surface area contributed by atoms with Gasteiger partial charge in [0.25, 0.3) is 5.91 Å². The first-order chi connectivity index (χ1) is 12.0. The van der Waals surface area contributed by atoms with E-state index in [2.05, 4.69) is 4.98 Å². The molecule has 0 unspecified atom stereocenters. The van der Waals surface area contributed by atoms with Gasteiger partial charge in [0.1, 0.15) is 5.82 Å². The van der Waals surface area contributed by atoms with Crippen molar-refractivity contribution in [3.05, 3.63) is 52.0 Å². The molecule has 0 N–H and O–H groups in total. The fourth-order valence-corrected chi connectivity index (χ4v) is 3.65. The summed E-state index contributed by atoms with van der Waals surface area (Å²) in [6, 6.07) is 5.10. The molecule has 0 spiro atoms. The molecular weight excluding hydrogens is 320 g/mol. The Labute approximate surface area is 144 Å². The van der Waals surface area contributed by atoms with Crippen LogP contribution >= 0.6 is 0 Å². The molecule has 1 fully saturated rings. The molecule has 0 bridgehead atoms. The standard InChI is InChI=1S/C18H20N4O3/c1-11-10-20(2)16(19-11)13-5-4-8-22(13)17(23)12-6-7-15-14(9-12)21(3)18(24)25-15/h6-7,9-10,13H,4-5,8H2,1-3H3/t13-/m0/s1. The zero-order valence-corrected chi connectivity index (χ0v) is 14.5. The van der Waals surface area contributed by atoms with Gasteiger partial charge < -0.3 is 13.9 Å². The number of likely N-dealkylation sites (tertiary alicyclic amines) is 1. The van der Waals surface area contributed by atoms with Crippen LogP contribution in [-0.4, -0.2) is 31.5 Å². The molecule has 7 nitrogen and oxygen atoms in total. The minimum atomic E-state index is -0.429. The molecule has 1 saturated heterocycles. The SMILES string of the molecule is Cc1cn(C)c([C@@H]2CCCN2C(=O)c2ccc3oc(=O)n(C)c3c2)n1. The van der Waals surface area contributed by atoms with Crippen molar-refractivity contribution >= 4 is 17.0 Å². The van der Waals surface area contributed by atoms with Gasteiger partial charge in [0.05, 0.1) is 17.3 Å². The average Bonchev–Trinajstić information content (AvgIpc) is 3.26. The van der Waals surface area contributed by atoms with Crippen LogP contribution in [0.3, 0.4) is 0 Å². The zero-order chi connectivity index (χ0) is 17.7. The maximum absolute atomic E-state index is 13.1. The lowest BCUT2D eigenvalue weighted by Gasteiger charge is -2.24. The molecule has 1 atom stereocenters. The highest BCUT2D eigenvalue weighted by molar-refractivity contribution is 5.97. The molecule has 4 rings (SSSR count). The van der Waals surface area contributed by atoms with Crippen LogP contribution in [0.15, 0.2) is 33.6 Å². The zero-order valence-electron chi connectivity index (χ0n) is 14.5. The molecule has 3 aromatic rings. The molecule has 0 saturated carbocycles. The summed E-state index contributed by atoms with van der Waals surface area (Å²) in [6.07, 6.45) is 3.83. The minimum absolute atomic E-state index is 0.0185. The van der Waals surface area contributed by atoms with E-state index < -0.39 is 5.76 Å². The first-order valence-electron chi connectivity index (χ1n) is 8.36. The number of fused-ring (bicyclic) bond motifs is 1. The molecule has 25 heavy (non-hydrogen) atoms. The Morgan fingerprint density at radius 1 is 1.32 bits per heavy atom. The van der Waals surface area contributed by atoms with Crippen LogP contribution in [0.25, 0.3) is 11.1 Å². The monoisotopic (exact) mass is 340 g/mol. The lowest BCUT2D eigenvalue weighted by molar-refractivity contribution is 0.0728. The number of carbonyl (C=O) groups is 1. The van der Waals surface area contributed by atoms with Crippen molar-refractivity contribution in [2.45, 2.75) is 25.8 Å². The normalized spacial score (nSPS) is 17.6. The summed E-state index contributed by atoms with van der Waals surface area (Å²) in [7, 11) is 3.60. The summed E-state index contributed by atoms with van der Waals surface area (Å²) in [5.74, 6) is 0.445. The van der Waals surface area contributed by atoms with Gasteiger partial charge in [-0.25, -0.2) is 9.78 Å². The Morgan fingerprint density at radius 3 is 2.84 bits per heavy atom. The lowest BCUT2D eigenvalue weighted by atomic mass is 10.1. The van der Waals surface area contributed by atoms with Crippen molar-refractivity contribution in [2.75, 3.05) is 6.54 Å². The van der Waals surface area contributed by atoms with Crippen molar-refractivity contribution in [1.29, 1.82) is 0 Å². The Bertz CT molecular complexity index is 1030. The molecule has 1 amide bonds. The Kier molecular flexibility index (Phi) is 3.52. The minimum Gasteiger partial charge on any atom is -0.408 e. The molecule has 1 aliphatic heterocycles. The maximum Gasteiger partial charge on any atom is 0.419 e. The summed E-state index contributed by atoms with van der Waals surface area (Å²) in [6.45, 7) is 2.66. The molecule has 7 heteroatoms. The first kappa shape index (κ1) is 15.7. The van der Waals surface area contributed by atoms with Crippen LogP contribution in [0, 0.1) is 6.92 Å². The second kappa shape index (κ2) is 5.61. The highest BCUT2D eigenvalue weighted by Gasteiger charge is 2.33. The van der Waals surface area contributed by atoms with Gasteiger partial charge in [-0.15, -0.1) is 0 Å². The van der Waals surface area contributed by atoms with E-state index in [1.165, 1.54) is 4.57 Å². The maximum atomic E-state index is 13.1. The van der Waals surface area contributed by atoms with E-state index in [9.17, 15) is 9.59 Å². The largest absolute Gasteiger partial charge is 0.419 e. The van der Waals surface area contributed by atoms with Crippen molar-refractivity contribution < 1.29 is 9.21 Å². The second-order valence-corrected chi connectivity index (χ2v) is 6.62. The highest BCUT2D eigenvalue weighted by atomic mass is 16.4. The van der Waals surface area contributed by atoms with E-state index in [0.29, 0.717) is 23.2 Å². The van der Waals surface area contributed by atoms with Crippen LogP contribution < -0.4 is 5.76 Å². The molecule has 2 aromatic heterocycles. The summed E-state index contributed by atoms with van der Waals surface area (Å²) < 4.78 is 8.54. The summed E-state index contributed by atoms with van der Waals surface area (Å²) >= 11 is 0. The molecule has 3 heterocycles. The van der Waals surface area contributed by atoms with Gasteiger partial charge in [-0.05, 0) is 38.0 Å². The predicted molar refractivity (Wildman–Crippen MR) is 92.4 cm³/mol. The van der Waals surface area contributed by atoms with Crippen molar-refractivity contribution in [3.63, 3.8) is 0 Å². The lowest BCUT2D eigenvalue weighted by Crippen LogP contribution is -2.31. The van der Waals surface area contributed by atoms with Crippen LogP contribution in [0.2, 0.25) is 0 Å². The summed E-state index contributed by atoms with van der Waals surface area (Å²) in [5.41, 5.74) is 2.62. The Morgan fingerprint density at radius 2 is 2.12 bits per heavy atom. The fourth-order valence-electron chi connectivity index (χ4n) is 3.65. The summed E-state index contributed by atoms with van der Waals surface area (Å²) in [4.78, 5) is 31.2. The number of aryl methyl sites for hydroxylation is 3. The molecule has 1 aliphatic rings. The number of hydrogen-bond acceptors (Lipinski definition) is 4. The highest BCUT2D eigenvalue weighted by Crippen LogP contribution is 2.32. The number of hydrogen-bond donors (Lipinski definition) is 0. The number of imidazole rings is 1. The van der Waals surface area contributed by atoms with Crippen LogP contribution in [-0.2, 0) is 14.1 Å². The van der Waals surface area contributed by atoms with E-state index in [1.807, 2.05) is 29.6 Å². The number of carbonyl (C=O) groups excluding carboxylic acids is 1. The van der Waals surface area contributed by atoms with E-state index in [-0.39, 0.29) is 11.9 Å². The van der Waals surface area contributed by atoms with Gasteiger partial charge in [-0.2, -0.15) is 0 Å². The van der Waals surface area contributed by atoms with Crippen molar-refractivity contribution in [2.24, 2.45) is 14.1 Å². The number of amides is 1. The van der Waals surface area contributed by atoms with Crippen molar-refractivity contribution in [3.8, 4) is 0 Å². The third-order valence-corrected chi connectivity index (χ3v) is 4.88. The van der Waals surface area contributed by atoms with Crippen LogP contribution in [0.5, 0.6) is 0 Å². The van der Waals surface area contributed by atoms with Crippen LogP contribution in [0.1, 0.15) is 40.8 Å². The Balaban J connectivity index is 1.71. The second-order valence-electron chi connectivity index (χ2n) is 6.62. The van der Waals surface area contributed by atoms with Crippen LogP contribution in [0.4, 0.5) is 0 Å².